The Morgan fingerprint density at radius 3 is 2.75 bits per heavy atom. The van der Waals surface area contributed by atoms with Gasteiger partial charge in [-0.1, -0.05) is 54.1 Å². The number of rotatable bonds is 5. The number of primary amides is 1. The highest BCUT2D eigenvalue weighted by Gasteiger charge is 2.05. The molecule has 1 heterocycles. The third-order valence-corrected chi connectivity index (χ3v) is 2.91. The van der Waals surface area contributed by atoms with Crippen molar-refractivity contribution in [2.45, 2.75) is 0 Å². The van der Waals surface area contributed by atoms with Crippen LogP contribution in [-0.4, -0.2) is 17.4 Å². The molecule has 0 aliphatic rings. The van der Waals surface area contributed by atoms with E-state index >= 15 is 0 Å². The lowest BCUT2D eigenvalue weighted by Crippen LogP contribution is -2.12. The predicted octanol–water partition coefficient (Wildman–Crippen LogP) is 2.96. The maximum atomic E-state index is 11.0. The second-order valence-corrected chi connectivity index (χ2v) is 4.52. The van der Waals surface area contributed by atoms with Crippen molar-refractivity contribution in [1.82, 2.24) is 4.98 Å². The lowest BCUT2D eigenvalue weighted by Gasteiger charge is -2.05. The highest BCUT2D eigenvalue weighted by atomic mass is 35.5. The van der Waals surface area contributed by atoms with Crippen molar-refractivity contribution in [1.29, 1.82) is 0 Å². The SMILES string of the molecule is NC(=O)c1cnc(NC/C=C/c2ccccc2)c(Cl)c1. The minimum absolute atomic E-state index is 0.292. The molecule has 4 nitrogen and oxygen atoms in total. The summed E-state index contributed by atoms with van der Waals surface area (Å²) in [6.07, 6.45) is 5.37. The number of nitrogens with two attached hydrogens (primary N) is 1. The standard InChI is InChI=1S/C15H14ClN3O/c16-13-9-12(14(17)20)10-19-15(13)18-8-4-7-11-5-2-1-3-6-11/h1-7,9-10H,8H2,(H2,17,20)(H,18,19)/b7-4+. The maximum Gasteiger partial charge on any atom is 0.250 e. The highest BCUT2D eigenvalue weighted by Crippen LogP contribution is 2.19. The van der Waals surface area contributed by atoms with Crippen LogP contribution < -0.4 is 11.1 Å². The van der Waals surface area contributed by atoms with Crippen LogP contribution >= 0.6 is 11.6 Å². The van der Waals surface area contributed by atoms with Gasteiger partial charge in [0.15, 0.2) is 0 Å². The van der Waals surface area contributed by atoms with Crippen molar-refractivity contribution >= 4 is 29.4 Å². The number of hydrogen-bond acceptors (Lipinski definition) is 3. The number of carbonyl (C=O) groups is 1. The Balaban J connectivity index is 1.94. The molecule has 0 saturated heterocycles. The first-order valence-electron chi connectivity index (χ1n) is 6.07. The molecule has 2 aromatic rings. The Hall–Kier alpha value is -2.33. The average Bonchev–Trinajstić information content (AvgIpc) is 2.46. The lowest BCUT2D eigenvalue weighted by atomic mass is 10.2. The fourth-order valence-corrected chi connectivity index (χ4v) is 1.85. The van der Waals surface area contributed by atoms with Gasteiger partial charge in [0.05, 0.1) is 10.6 Å². The zero-order valence-corrected chi connectivity index (χ0v) is 11.5. The second-order valence-electron chi connectivity index (χ2n) is 4.11. The molecule has 0 atom stereocenters. The first-order chi connectivity index (χ1) is 9.66. The van der Waals surface area contributed by atoms with Crippen molar-refractivity contribution in [3.63, 3.8) is 0 Å². The quantitative estimate of drug-likeness (QED) is 0.888. The number of anilines is 1. The Kier molecular flexibility index (Phi) is 4.74. The maximum absolute atomic E-state index is 11.0. The van der Waals surface area contributed by atoms with Crippen molar-refractivity contribution in [2.75, 3.05) is 11.9 Å². The van der Waals surface area contributed by atoms with Gasteiger partial charge in [-0.2, -0.15) is 0 Å². The van der Waals surface area contributed by atoms with Gasteiger partial charge in [0.1, 0.15) is 5.82 Å². The van der Waals surface area contributed by atoms with Crippen LogP contribution in [-0.2, 0) is 0 Å². The topological polar surface area (TPSA) is 68.0 Å². The largest absolute Gasteiger partial charge is 0.366 e. The molecule has 0 bridgehead atoms. The van der Waals surface area contributed by atoms with Crippen LogP contribution in [0.5, 0.6) is 0 Å². The van der Waals surface area contributed by atoms with E-state index in [4.69, 9.17) is 17.3 Å². The van der Waals surface area contributed by atoms with E-state index in [9.17, 15) is 4.79 Å². The number of nitrogens with zero attached hydrogens (tertiary/aromatic N) is 1. The summed E-state index contributed by atoms with van der Waals surface area (Å²) in [7, 11) is 0. The molecule has 0 saturated carbocycles. The molecule has 1 aromatic carbocycles. The molecule has 1 amide bonds. The zero-order chi connectivity index (χ0) is 14.4. The van der Waals surface area contributed by atoms with Gasteiger partial charge < -0.3 is 11.1 Å². The number of carbonyl (C=O) groups excluding carboxylic acids is 1. The van der Waals surface area contributed by atoms with Crippen LogP contribution in [0.15, 0.2) is 48.7 Å². The minimum atomic E-state index is -0.546. The van der Waals surface area contributed by atoms with E-state index < -0.39 is 5.91 Å². The molecule has 5 heteroatoms. The molecule has 0 radical (unpaired) electrons. The van der Waals surface area contributed by atoms with Crippen LogP contribution in [0.3, 0.4) is 0 Å². The fraction of sp³-hybridized carbons (Fsp3) is 0.0667. The smallest absolute Gasteiger partial charge is 0.250 e. The van der Waals surface area contributed by atoms with E-state index in [1.54, 1.807) is 0 Å². The van der Waals surface area contributed by atoms with Crippen molar-refractivity contribution in [3.8, 4) is 0 Å². The summed E-state index contributed by atoms with van der Waals surface area (Å²) in [6, 6.07) is 11.5. The summed E-state index contributed by atoms with van der Waals surface area (Å²) in [6.45, 7) is 0.581. The molecule has 1 aromatic heterocycles. The molecule has 20 heavy (non-hydrogen) atoms. The number of amides is 1. The molecular formula is C15H14ClN3O. The number of hydrogen-bond donors (Lipinski definition) is 2. The molecule has 0 unspecified atom stereocenters. The second kappa shape index (κ2) is 6.73. The number of aromatic nitrogens is 1. The summed E-state index contributed by atoms with van der Waals surface area (Å²) < 4.78 is 0. The highest BCUT2D eigenvalue weighted by molar-refractivity contribution is 6.33. The van der Waals surface area contributed by atoms with Crippen LogP contribution in [0.2, 0.25) is 5.02 Å². The van der Waals surface area contributed by atoms with E-state index in [-0.39, 0.29) is 0 Å². The molecule has 0 aliphatic carbocycles. The first kappa shape index (κ1) is 14.1. The predicted molar refractivity (Wildman–Crippen MR) is 81.7 cm³/mol. The van der Waals surface area contributed by atoms with Gasteiger partial charge in [0, 0.05) is 12.7 Å². The van der Waals surface area contributed by atoms with E-state index in [0.29, 0.717) is 22.9 Å². The summed E-state index contributed by atoms with van der Waals surface area (Å²) in [4.78, 5) is 15.0. The van der Waals surface area contributed by atoms with Crippen molar-refractivity contribution < 1.29 is 4.79 Å². The summed E-state index contributed by atoms with van der Waals surface area (Å²) in [5.41, 5.74) is 6.56. The third-order valence-electron chi connectivity index (χ3n) is 2.62. The number of nitrogens with one attached hydrogen (secondary N) is 1. The van der Waals surface area contributed by atoms with Crippen molar-refractivity contribution in [2.24, 2.45) is 5.73 Å². The Morgan fingerprint density at radius 1 is 1.35 bits per heavy atom. The fourth-order valence-electron chi connectivity index (χ4n) is 1.62. The van der Waals surface area contributed by atoms with Gasteiger partial charge in [-0.25, -0.2) is 4.98 Å². The summed E-state index contributed by atoms with van der Waals surface area (Å²) >= 11 is 6.01. The van der Waals surface area contributed by atoms with Crippen LogP contribution in [0.4, 0.5) is 5.82 Å². The zero-order valence-electron chi connectivity index (χ0n) is 10.7. The molecule has 3 N–H and O–H groups in total. The van der Waals surface area contributed by atoms with E-state index in [2.05, 4.69) is 10.3 Å². The van der Waals surface area contributed by atoms with E-state index in [1.807, 2.05) is 42.5 Å². The normalized spacial score (nSPS) is 10.7. The van der Waals surface area contributed by atoms with Crippen LogP contribution in [0, 0.1) is 0 Å². The van der Waals surface area contributed by atoms with E-state index in [0.717, 1.165) is 5.56 Å². The molecule has 2 rings (SSSR count). The van der Waals surface area contributed by atoms with Gasteiger partial charge in [-0.3, -0.25) is 4.79 Å². The minimum Gasteiger partial charge on any atom is -0.366 e. The first-order valence-corrected chi connectivity index (χ1v) is 6.45. The molecule has 0 fully saturated rings. The molecular weight excluding hydrogens is 274 g/mol. The Morgan fingerprint density at radius 2 is 2.10 bits per heavy atom. The van der Waals surface area contributed by atoms with Gasteiger partial charge >= 0.3 is 0 Å². The van der Waals surface area contributed by atoms with Crippen molar-refractivity contribution in [3.05, 3.63) is 64.8 Å². The Labute approximate surface area is 122 Å². The van der Waals surface area contributed by atoms with Gasteiger partial charge in [0.25, 0.3) is 0 Å². The summed E-state index contributed by atoms with van der Waals surface area (Å²) in [5.74, 6) is -0.0238. The van der Waals surface area contributed by atoms with Gasteiger partial charge in [-0.15, -0.1) is 0 Å². The number of pyridine rings is 1. The van der Waals surface area contributed by atoms with Crippen LogP contribution in [0.1, 0.15) is 15.9 Å². The monoisotopic (exact) mass is 287 g/mol. The van der Waals surface area contributed by atoms with E-state index in [1.165, 1.54) is 12.3 Å². The van der Waals surface area contributed by atoms with Gasteiger partial charge in [0.2, 0.25) is 5.91 Å². The number of benzene rings is 1. The average molecular weight is 288 g/mol. The molecule has 102 valence electrons. The number of halogens is 1. The molecule has 0 spiro atoms. The summed E-state index contributed by atoms with van der Waals surface area (Å²) in [5, 5.41) is 3.44. The third kappa shape index (κ3) is 3.83. The molecule has 0 aliphatic heterocycles. The lowest BCUT2D eigenvalue weighted by molar-refractivity contribution is 0.1000. The van der Waals surface area contributed by atoms with Gasteiger partial charge in [-0.05, 0) is 11.6 Å². The van der Waals surface area contributed by atoms with Crippen LogP contribution in [0.25, 0.3) is 6.08 Å². The Bertz CT molecular complexity index is 626.